The van der Waals surface area contributed by atoms with E-state index < -0.39 is 28.5 Å². The molecule has 10 nitrogen and oxygen atoms in total. The van der Waals surface area contributed by atoms with Crippen LogP contribution >= 0.6 is 0 Å². The summed E-state index contributed by atoms with van der Waals surface area (Å²) >= 11 is 0. The van der Waals surface area contributed by atoms with Crippen LogP contribution in [0.1, 0.15) is 11.1 Å². The molecule has 0 spiro atoms. The van der Waals surface area contributed by atoms with Crippen LogP contribution in [-0.4, -0.2) is 64.6 Å². The van der Waals surface area contributed by atoms with E-state index in [1.807, 2.05) is 6.07 Å². The standard InChI is InChI=1S/C23H23N3O7S/c1-31-20-7-5-17(14-21(20)34(29,30)26-9-11-32-12-10-26)6-8-23(28)33-16-22(27)25-19-4-2-3-18(13-19)15-24/h2-8,13-14H,9-12,16H2,1H3,(H,25,27)/b8-6+. The number of esters is 1. The number of nitrogens with zero attached hydrogens (tertiary/aromatic N) is 2. The van der Waals surface area contributed by atoms with Crippen LogP contribution in [0.15, 0.2) is 53.4 Å². The van der Waals surface area contributed by atoms with Gasteiger partial charge in [0.15, 0.2) is 6.61 Å². The van der Waals surface area contributed by atoms with Crippen molar-refractivity contribution in [3.05, 3.63) is 59.7 Å². The van der Waals surface area contributed by atoms with Crippen LogP contribution < -0.4 is 10.1 Å². The van der Waals surface area contributed by atoms with Gasteiger partial charge in [0.1, 0.15) is 10.6 Å². The summed E-state index contributed by atoms with van der Waals surface area (Å²) in [5, 5.41) is 11.4. The number of morpholine rings is 1. The Labute approximate surface area is 197 Å². The lowest BCUT2D eigenvalue weighted by atomic mass is 10.2. The van der Waals surface area contributed by atoms with E-state index in [0.717, 1.165) is 6.08 Å². The van der Waals surface area contributed by atoms with E-state index in [1.54, 1.807) is 24.3 Å². The summed E-state index contributed by atoms with van der Waals surface area (Å²) in [5.74, 6) is -1.17. The van der Waals surface area contributed by atoms with Gasteiger partial charge in [0.2, 0.25) is 10.0 Å². The third-order valence-electron chi connectivity index (χ3n) is 4.81. The van der Waals surface area contributed by atoms with Gasteiger partial charge >= 0.3 is 5.97 Å². The van der Waals surface area contributed by atoms with Crippen molar-refractivity contribution in [1.29, 1.82) is 5.26 Å². The number of carbonyl (C=O) groups excluding carboxylic acids is 2. The zero-order valence-electron chi connectivity index (χ0n) is 18.4. The van der Waals surface area contributed by atoms with E-state index >= 15 is 0 Å². The largest absolute Gasteiger partial charge is 0.495 e. The predicted molar refractivity (Wildman–Crippen MR) is 122 cm³/mol. The van der Waals surface area contributed by atoms with Gasteiger partial charge in [0.05, 0.1) is 32.0 Å². The Kier molecular flexibility index (Phi) is 8.37. The Morgan fingerprint density at radius 1 is 1.21 bits per heavy atom. The third kappa shape index (κ3) is 6.41. The number of methoxy groups -OCH3 is 1. The molecule has 2 aromatic carbocycles. The monoisotopic (exact) mass is 485 g/mol. The van der Waals surface area contributed by atoms with Crippen molar-refractivity contribution < 1.29 is 32.2 Å². The van der Waals surface area contributed by atoms with E-state index in [9.17, 15) is 18.0 Å². The summed E-state index contributed by atoms with van der Waals surface area (Å²) in [6.07, 6.45) is 2.48. The first kappa shape index (κ1) is 24.9. The van der Waals surface area contributed by atoms with Gasteiger partial charge < -0.3 is 19.5 Å². The first-order valence-corrected chi connectivity index (χ1v) is 11.7. The van der Waals surface area contributed by atoms with Gasteiger partial charge in [-0.1, -0.05) is 12.1 Å². The SMILES string of the molecule is COc1ccc(/C=C/C(=O)OCC(=O)Nc2cccc(C#N)c2)cc1S(=O)(=O)N1CCOCC1. The van der Waals surface area contributed by atoms with E-state index in [4.69, 9.17) is 19.5 Å². The molecule has 1 amide bonds. The highest BCUT2D eigenvalue weighted by atomic mass is 32.2. The molecule has 1 fully saturated rings. The fourth-order valence-electron chi connectivity index (χ4n) is 3.14. The number of sulfonamides is 1. The van der Waals surface area contributed by atoms with Crippen LogP contribution in [0.2, 0.25) is 0 Å². The van der Waals surface area contributed by atoms with Crippen molar-refractivity contribution in [2.75, 3.05) is 45.3 Å². The molecule has 1 saturated heterocycles. The number of ether oxygens (including phenoxy) is 3. The molecule has 0 bridgehead atoms. The summed E-state index contributed by atoms with van der Waals surface area (Å²) in [6.45, 7) is 0.565. The number of nitrogens with one attached hydrogen (secondary N) is 1. The van der Waals surface area contributed by atoms with Crippen molar-refractivity contribution in [2.45, 2.75) is 4.90 Å². The molecular formula is C23H23N3O7S. The van der Waals surface area contributed by atoms with Crippen molar-refractivity contribution in [3.63, 3.8) is 0 Å². The second-order valence-electron chi connectivity index (χ2n) is 7.11. The van der Waals surface area contributed by atoms with Gasteiger partial charge in [0.25, 0.3) is 5.91 Å². The summed E-state index contributed by atoms with van der Waals surface area (Å²) < 4.78 is 42.8. The fraction of sp³-hybridized carbons (Fsp3) is 0.261. The zero-order valence-corrected chi connectivity index (χ0v) is 19.2. The van der Waals surface area contributed by atoms with Crippen molar-refractivity contribution in [3.8, 4) is 11.8 Å². The molecule has 11 heteroatoms. The van der Waals surface area contributed by atoms with Crippen molar-refractivity contribution in [1.82, 2.24) is 4.31 Å². The molecule has 0 aromatic heterocycles. The van der Waals surface area contributed by atoms with Gasteiger partial charge in [0, 0.05) is 24.9 Å². The van der Waals surface area contributed by atoms with E-state index in [-0.39, 0.29) is 23.7 Å². The smallest absolute Gasteiger partial charge is 0.331 e. The third-order valence-corrected chi connectivity index (χ3v) is 6.73. The van der Waals surface area contributed by atoms with Gasteiger partial charge in [-0.3, -0.25) is 4.79 Å². The molecule has 1 N–H and O–H groups in total. The zero-order chi connectivity index (χ0) is 24.6. The van der Waals surface area contributed by atoms with Gasteiger partial charge in [-0.15, -0.1) is 0 Å². The first-order valence-electron chi connectivity index (χ1n) is 10.2. The van der Waals surface area contributed by atoms with E-state index in [1.165, 1.54) is 35.7 Å². The number of hydrogen-bond acceptors (Lipinski definition) is 8. The van der Waals surface area contributed by atoms with Crippen LogP contribution in [0.4, 0.5) is 5.69 Å². The molecule has 0 saturated carbocycles. The number of nitriles is 1. The molecule has 1 aliphatic rings. The minimum Gasteiger partial charge on any atom is -0.495 e. The molecule has 0 radical (unpaired) electrons. The molecule has 0 unspecified atom stereocenters. The Bertz CT molecular complexity index is 1230. The number of amides is 1. The lowest BCUT2D eigenvalue weighted by molar-refractivity contribution is -0.142. The topological polar surface area (TPSA) is 135 Å². The summed E-state index contributed by atoms with van der Waals surface area (Å²) in [4.78, 5) is 24.0. The maximum absolute atomic E-state index is 13.0. The van der Waals surface area contributed by atoms with Crippen LogP contribution in [0, 0.1) is 11.3 Å². The minimum atomic E-state index is -3.82. The number of carbonyl (C=O) groups is 2. The molecule has 0 aliphatic carbocycles. The minimum absolute atomic E-state index is 0.0219. The van der Waals surface area contributed by atoms with Crippen LogP contribution in [0.3, 0.4) is 0 Å². The van der Waals surface area contributed by atoms with Crippen LogP contribution in [0.5, 0.6) is 5.75 Å². The van der Waals surface area contributed by atoms with E-state index in [0.29, 0.717) is 30.0 Å². The van der Waals surface area contributed by atoms with Gasteiger partial charge in [-0.2, -0.15) is 9.57 Å². The molecular weight excluding hydrogens is 462 g/mol. The first-order chi connectivity index (χ1) is 16.3. The lowest BCUT2D eigenvalue weighted by Gasteiger charge is -2.26. The molecule has 34 heavy (non-hydrogen) atoms. The Morgan fingerprint density at radius 2 is 1.97 bits per heavy atom. The maximum Gasteiger partial charge on any atom is 0.331 e. The average molecular weight is 486 g/mol. The Balaban J connectivity index is 1.63. The van der Waals surface area contributed by atoms with Gasteiger partial charge in [-0.25, -0.2) is 13.2 Å². The highest BCUT2D eigenvalue weighted by Gasteiger charge is 2.29. The Morgan fingerprint density at radius 3 is 2.68 bits per heavy atom. The summed E-state index contributed by atoms with van der Waals surface area (Å²) in [6, 6.07) is 12.8. The second-order valence-corrected chi connectivity index (χ2v) is 9.01. The van der Waals surface area contributed by atoms with Gasteiger partial charge in [-0.05, 0) is 42.0 Å². The molecule has 178 valence electrons. The predicted octanol–water partition coefficient (Wildman–Crippen LogP) is 1.78. The quantitative estimate of drug-likeness (QED) is 0.442. The van der Waals surface area contributed by atoms with Crippen LogP contribution in [-0.2, 0) is 29.1 Å². The number of anilines is 1. The van der Waals surface area contributed by atoms with Crippen molar-refractivity contribution in [2.24, 2.45) is 0 Å². The van der Waals surface area contributed by atoms with Crippen LogP contribution in [0.25, 0.3) is 6.08 Å². The summed E-state index contributed by atoms with van der Waals surface area (Å²) in [5.41, 5.74) is 1.22. The van der Waals surface area contributed by atoms with Crippen molar-refractivity contribution >= 4 is 33.7 Å². The molecule has 1 heterocycles. The summed E-state index contributed by atoms with van der Waals surface area (Å²) in [7, 11) is -2.44. The highest BCUT2D eigenvalue weighted by molar-refractivity contribution is 7.89. The number of hydrogen-bond donors (Lipinski definition) is 1. The van der Waals surface area contributed by atoms with E-state index in [2.05, 4.69) is 5.32 Å². The fourth-order valence-corrected chi connectivity index (χ4v) is 4.74. The Hall–Kier alpha value is -3.72. The number of rotatable bonds is 8. The molecule has 0 atom stereocenters. The second kappa shape index (κ2) is 11.4. The molecule has 1 aliphatic heterocycles. The highest BCUT2D eigenvalue weighted by Crippen LogP contribution is 2.28. The molecule has 2 aromatic rings. The maximum atomic E-state index is 13.0. The normalized spacial score (nSPS) is 14.4. The molecule has 3 rings (SSSR count). The number of benzene rings is 2. The lowest BCUT2D eigenvalue weighted by Crippen LogP contribution is -2.40. The average Bonchev–Trinajstić information content (AvgIpc) is 2.86.